The summed E-state index contributed by atoms with van der Waals surface area (Å²) in [6.45, 7) is 6.74. The summed E-state index contributed by atoms with van der Waals surface area (Å²) in [4.78, 5) is 0. The Morgan fingerprint density at radius 3 is 1.17 bits per heavy atom. The van der Waals surface area contributed by atoms with E-state index in [0.29, 0.717) is 3.43 Å². The zero-order chi connectivity index (χ0) is 4.50. The van der Waals surface area contributed by atoms with Crippen molar-refractivity contribution < 1.29 is 0 Å². The molecule has 0 aliphatic heterocycles. The molecule has 0 unspecified atom stereocenters. The van der Waals surface area contributed by atoms with Gasteiger partial charge in [-0.25, -0.2) is 0 Å². The van der Waals surface area contributed by atoms with Gasteiger partial charge in [-0.05, 0) is 0 Å². The Labute approximate surface area is 54.4 Å². The van der Waals surface area contributed by atoms with Gasteiger partial charge in [0.05, 0.1) is 0 Å². The molecule has 0 N–H and O–H groups in total. The van der Waals surface area contributed by atoms with Gasteiger partial charge in [0.15, 0.2) is 0 Å². The first kappa shape index (κ1) is 9.93. The molecule has 37 valence electrons. The maximum Gasteiger partial charge on any atom is -0.0683 e. The van der Waals surface area contributed by atoms with Crippen LogP contribution in [0, 0.1) is 7.43 Å². The van der Waals surface area contributed by atoms with Crippen molar-refractivity contribution in [3.8, 4) is 0 Å². The third-order valence-electron chi connectivity index (χ3n) is 0. The van der Waals surface area contributed by atoms with Crippen LogP contribution >= 0.6 is 0 Å². The van der Waals surface area contributed by atoms with E-state index in [-0.39, 0.29) is 7.43 Å². The van der Waals surface area contributed by atoms with Crippen LogP contribution in [-0.4, -0.2) is 22.5 Å². The molecule has 0 saturated carbocycles. The van der Waals surface area contributed by atoms with Gasteiger partial charge in [-0.3, -0.25) is 0 Å². The van der Waals surface area contributed by atoms with Gasteiger partial charge in [0.2, 0.25) is 0 Å². The van der Waals surface area contributed by atoms with Crippen molar-refractivity contribution in [3.05, 3.63) is 7.43 Å². The fourth-order valence-electron chi connectivity index (χ4n) is 0. The second-order valence-electron chi connectivity index (χ2n) is 2.37. The number of hydrogen-bond acceptors (Lipinski definition) is 0. The Morgan fingerprint density at radius 1 is 1.17 bits per heavy atom. The molecule has 0 spiro atoms. The standard InChI is InChI=1S/C4H9.CH3.Sn.H/c1-4(2)3;;;/h1-3H3;1H3;;. The van der Waals surface area contributed by atoms with Gasteiger partial charge in [-0.2, -0.15) is 0 Å². The molecule has 0 aromatic carbocycles. The Kier molecular flexibility index (Phi) is 4.78. The molecule has 1 heteroatoms. The minimum Gasteiger partial charge on any atom is -0.0683 e. The van der Waals surface area contributed by atoms with Crippen molar-refractivity contribution in [1.82, 2.24) is 0 Å². The molecule has 0 heterocycles. The summed E-state index contributed by atoms with van der Waals surface area (Å²) in [5, 5.41) is 0. The van der Waals surface area contributed by atoms with Gasteiger partial charge in [0.25, 0.3) is 0 Å². The Balaban J connectivity index is 0. The van der Waals surface area contributed by atoms with Gasteiger partial charge in [-0.15, -0.1) is 0 Å². The summed E-state index contributed by atoms with van der Waals surface area (Å²) in [7, 11) is 0. The summed E-state index contributed by atoms with van der Waals surface area (Å²) in [6.07, 6.45) is 0. The maximum absolute atomic E-state index is 2.25. The third-order valence-corrected chi connectivity index (χ3v) is 0. The fourth-order valence-corrected chi connectivity index (χ4v) is 0. The molecule has 0 aliphatic carbocycles. The monoisotopic (exact) mass is 193 g/mol. The smallest absolute Gasteiger partial charge is 0.0683 e. The average molecular weight is 192 g/mol. The first-order chi connectivity index (χ1) is 2.00. The summed E-state index contributed by atoms with van der Waals surface area (Å²) in [6, 6.07) is 0. The Hall–Kier alpha value is 0.799. The van der Waals surface area contributed by atoms with E-state index < -0.39 is 0 Å². The molecule has 0 fully saturated rings. The van der Waals surface area contributed by atoms with Crippen LogP contribution in [0.5, 0.6) is 0 Å². The molecule has 0 bridgehead atoms. The first-order valence-corrected chi connectivity index (χ1v) is 3.44. The molecule has 0 nitrogen and oxygen atoms in total. The largest absolute Gasteiger partial charge is 0.0683 e. The van der Waals surface area contributed by atoms with Crippen LogP contribution in [0.4, 0.5) is 0 Å². The van der Waals surface area contributed by atoms with Gasteiger partial charge >= 0.3 is 46.7 Å². The van der Waals surface area contributed by atoms with Crippen LogP contribution in [-0.2, 0) is 0 Å². The van der Waals surface area contributed by atoms with E-state index in [0.717, 1.165) is 0 Å². The van der Waals surface area contributed by atoms with Crippen LogP contribution in [0.1, 0.15) is 20.8 Å². The van der Waals surface area contributed by atoms with Crippen molar-refractivity contribution in [2.45, 2.75) is 24.2 Å². The van der Waals surface area contributed by atoms with Crippen LogP contribution in [0.3, 0.4) is 0 Å². The van der Waals surface area contributed by atoms with E-state index >= 15 is 0 Å². The van der Waals surface area contributed by atoms with Gasteiger partial charge in [0, 0.05) is 0 Å². The van der Waals surface area contributed by atoms with E-state index in [4.69, 9.17) is 0 Å². The first-order valence-electron chi connectivity index (χ1n) is 1.79. The molecule has 0 aromatic rings. The minimum absolute atomic E-state index is 0. The third kappa shape index (κ3) is 109. The summed E-state index contributed by atoms with van der Waals surface area (Å²) in [5.74, 6) is 0. The SMILES string of the molecule is C[C](C)(C)[SnH].[CH3]. The average Bonchev–Trinajstić information content (AvgIpc) is 0.722. The number of hydrogen-bond donors (Lipinski definition) is 0. The van der Waals surface area contributed by atoms with Crippen LogP contribution in [0.25, 0.3) is 0 Å². The van der Waals surface area contributed by atoms with Crippen LogP contribution in [0.2, 0.25) is 3.43 Å². The molecule has 0 rings (SSSR count). The van der Waals surface area contributed by atoms with Crippen molar-refractivity contribution >= 4 is 22.5 Å². The molecular weight excluding hydrogens is 179 g/mol. The van der Waals surface area contributed by atoms with Crippen LogP contribution < -0.4 is 0 Å². The molecule has 0 atom stereocenters. The molecule has 0 amide bonds. The molecule has 6 heavy (non-hydrogen) atoms. The van der Waals surface area contributed by atoms with Crippen molar-refractivity contribution in [1.29, 1.82) is 0 Å². The van der Waals surface area contributed by atoms with E-state index in [1.54, 1.807) is 0 Å². The molecule has 0 saturated heterocycles. The minimum atomic E-state index is 0. The maximum atomic E-state index is 2.25. The van der Waals surface area contributed by atoms with E-state index in [2.05, 4.69) is 20.8 Å². The summed E-state index contributed by atoms with van der Waals surface area (Å²) < 4.78 is 0.630. The van der Waals surface area contributed by atoms with Crippen molar-refractivity contribution in [3.63, 3.8) is 0 Å². The molecule has 0 aliphatic rings. The van der Waals surface area contributed by atoms with E-state index in [1.807, 2.05) is 0 Å². The van der Waals surface area contributed by atoms with Crippen molar-refractivity contribution in [2.75, 3.05) is 0 Å². The predicted molar refractivity (Wildman–Crippen MR) is 33.3 cm³/mol. The molecule has 3 radical (unpaired) electrons. The number of rotatable bonds is 0. The second-order valence-corrected chi connectivity index (χ2v) is 7.31. The summed E-state index contributed by atoms with van der Waals surface area (Å²) >= 11 is 1.36. The zero-order valence-corrected chi connectivity index (χ0v) is 8.37. The second kappa shape index (κ2) is 2.89. The topological polar surface area (TPSA) is 0 Å². The Bertz CT molecular complexity index is 19.4. The van der Waals surface area contributed by atoms with Gasteiger partial charge in [0.1, 0.15) is 0 Å². The van der Waals surface area contributed by atoms with E-state index in [9.17, 15) is 0 Å². The zero-order valence-electron chi connectivity index (χ0n) is 5.08. The van der Waals surface area contributed by atoms with E-state index in [1.165, 1.54) is 22.5 Å². The predicted octanol–water partition coefficient (Wildman–Crippen LogP) is 1.56. The Morgan fingerprint density at radius 2 is 1.17 bits per heavy atom. The van der Waals surface area contributed by atoms with Crippen molar-refractivity contribution in [2.24, 2.45) is 0 Å². The molecular formula is C5H13Sn. The van der Waals surface area contributed by atoms with Gasteiger partial charge < -0.3 is 0 Å². The quantitative estimate of drug-likeness (QED) is 0.510. The normalized spacial score (nSPS) is 10.0. The molecule has 0 aromatic heterocycles. The fraction of sp³-hybridized carbons (Fsp3) is 0.800. The van der Waals surface area contributed by atoms with Crippen LogP contribution in [0.15, 0.2) is 0 Å². The summed E-state index contributed by atoms with van der Waals surface area (Å²) in [5.41, 5.74) is 0. The van der Waals surface area contributed by atoms with Gasteiger partial charge in [-0.1, -0.05) is 7.43 Å².